The van der Waals surface area contributed by atoms with E-state index in [-0.39, 0.29) is 11.5 Å². The Balaban J connectivity index is 2.55. The monoisotopic (exact) mass is 207 g/mol. The van der Waals surface area contributed by atoms with Gasteiger partial charge in [-0.3, -0.25) is 0 Å². The minimum absolute atomic E-state index is 0.187. The van der Waals surface area contributed by atoms with Crippen LogP contribution in [0.2, 0.25) is 0 Å². The lowest BCUT2D eigenvalue weighted by Crippen LogP contribution is -2.28. The number of hydrogen-bond donors (Lipinski definition) is 2. The summed E-state index contributed by atoms with van der Waals surface area (Å²) in [5.74, 6) is 0.565. The Bertz CT molecular complexity index is 315. The molecule has 3 nitrogen and oxygen atoms in total. The van der Waals surface area contributed by atoms with Crippen LogP contribution in [-0.4, -0.2) is 11.0 Å². The fourth-order valence-corrected chi connectivity index (χ4v) is 1.78. The molecule has 0 saturated carbocycles. The summed E-state index contributed by atoms with van der Waals surface area (Å²) in [4.78, 5) is 3.96. The fourth-order valence-electron chi connectivity index (χ4n) is 1.78. The highest BCUT2D eigenvalue weighted by Crippen LogP contribution is 2.21. The maximum Gasteiger partial charge on any atom is 0.123 e. The van der Waals surface area contributed by atoms with Crippen LogP contribution in [0.3, 0.4) is 0 Å². The molecule has 15 heavy (non-hydrogen) atoms. The van der Waals surface area contributed by atoms with Crippen LogP contribution in [0.4, 0.5) is 5.82 Å². The van der Waals surface area contributed by atoms with E-state index in [2.05, 4.69) is 25.8 Å². The van der Waals surface area contributed by atoms with Gasteiger partial charge in [-0.1, -0.05) is 20.8 Å². The van der Waals surface area contributed by atoms with Gasteiger partial charge in [-0.15, -0.1) is 0 Å². The lowest BCUT2D eigenvalue weighted by Gasteiger charge is -2.23. The number of nitrogen functional groups attached to an aromatic ring is 1. The van der Waals surface area contributed by atoms with Crippen molar-refractivity contribution in [3.63, 3.8) is 0 Å². The van der Waals surface area contributed by atoms with Gasteiger partial charge in [-0.2, -0.15) is 0 Å². The third-order valence-electron chi connectivity index (χ3n) is 2.22. The van der Waals surface area contributed by atoms with E-state index in [1.807, 2.05) is 12.1 Å². The van der Waals surface area contributed by atoms with E-state index < -0.39 is 0 Å². The van der Waals surface area contributed by atoms with E-state index in [0.29, 0.717) is 5.82 Å². The Morgan fingerprint density at radius 1 is 1.40 bits per heavy atom. The molecule has 4 N–H and O–H groups in total. The first-order valence-electron chi connectivity index (χ1n) is 5.33. The highest BCUT2D eigenvalue weighted by Gasteiger charge is 2.15. The second-order valence-electron chi connectivity index (χ2n) is 5.32. The average Bonchev–Trinajstić information content (AvgIpc) is 1.99. The minimum Gasteiger partial charge on any atom is -0.384 e. The van der Waals surface area contributed by atoms with Crippen LogP contribution in [0, 0.1) is 5.41 Å². The third-order valence-corrected chi connectivity index (χ3v) is 2.22. The Morgan fingerprint density at radius 2 is 2.07 bits per heavy atom. The highest BCUT2D eigenvalue weighted by molar-refractivity contribution is 5.32. The second-order valence-corrected chi connectivity index (χ2v) is 5.32. The Hall–Kier alpha value is -1.09. The van der Waals surface area contributed by atoms with E-state index in [1.165, 1.54) is 5.56 Å². The van der Waals surface area contributed by atoms with Crippen molar-refractivity contribution in [2.75, 3.05) is 5.73 Å². The van der Waals surface area contributed by atoms with Crippen LogP contribution in [0.15, 0.2) is 18.3 Å². The maximum absolute atomic E-state index is 6.08. The van der Waals surface area contributed by atoms with Crippen LogP contribution in [-0.2, 0) is 6.42 Å². The van der Waals surface area contributed by atoms with E-state index in [1.54, 1.807) is 6.20 Å². The van der Waals surface area contributed by atoms with Crippen LogP contribution < -0.4 is 11.5 Å². The molecular weight excluding hydrogens is 186 g/mol. The van der Waals surface area contributed by atoms with Gasteiger partial charge in [0.25, 0.3) is 0 Å². The molecule has 1 rings (SSSR count). The van der Waals surface area contributed by atoms with Crippen LogP contribution >= 0.6 is 0 Å². The number of hydrogen-bond acceptors (Lipinski definition) is 3. The average molecular weight is 207 g/mol. The number of aromatic nitrogens is 1. The summed E-state index contributed by atoms with van der Waals surface area (Å²) in [6.07, 6.45) is 3.60. The van der Waals surface area contributed by atoms with Crippen molar-refractivity contribution in [1.29, 1.82) is 0 Å². The number of rotatable bonds is 3. The number of nitrogens with zero attached hydrogens (tertiary/aromatic N) is 1. The molecule has 0 aliphatic heterocycles. The second kappa shape index (κ2) is 4.62. The molecule has 1 aromatic heterocycles. The lowest BCUT2D eigenvalue weighted by atomic mass is 9.86. The largest absolute Gasteiger partial charge is 0.384 e. The zero-order chi connectivity index (χ0) is 11.5. The molecule has 0 fully saturated rings. The summed E-state index contributed by atoms with van der Waals surface area (Å²) in [5, 5.41) is 0. The highest BCUT2D eigenvalue weighted by atomic mass is 14.8. The van der Waals surface area contributed by atoms with Crippen LogP contribution in [0.1, 0.15) is 32.8 Å². The van der Waals surface area contributed by atoms with Gasteiger partial charge < -0.3 is 11.5 Å². The van der Waals surface area contributed by atoms with Crippen molar-refractivity contribution in [2.45, 2.75) is 39.7 Å². The minimum atomic E-state index is 0.187. The summed E-state index contributed by atoms with van der Waals surface area (Å²) in [7, 11) is 0. The number of anilines is 1. The summed E-state index contributed by atoms with van der Waals surface area (Å²) >= 11 is 0. The standard InChI is InChI=1S/C12H21N3/c1-12(2,3)8-10(13)6-9-4-5-15-11(14)7-9/h4-5,7,10H,6,8,13H2,1-3H3,(H2,14,15). The maximum atomic E-state index is 6.08. The number of pyridine rings is 1. The van der Waals surface area contributed by atoms with Gasteiger partial charge in [0.15, 0.2) is 0 Å². The smallest absolute Gasteiger partial charge is 0.123 e. The molecule has 1 atom stereocenters. The van der Waals surface area contributed by atoms with Gasteiger partial charge in [0.1, 0.15) is 5.82 Å². The van der Waals surface area contributed by atoms with Crippen molar-refractivity contribution in [3.05, 3.63) is 23.9 Å². The van der Waals surface area contributed by atoms with Crippen LogP contribution in [0.25, 0.3) is 0 Å². The normalized spacial score (nSPS) is 13.9. The van der Waals surface area contributed by atoms with Crippen molar-refractivity contribution in [2.24, 2.45) is 11.1 Å². The van der Waals surface area contributed by atoms with Crippen LogP contribution in [0.5, 0.6) is 0 Å². The predicted octanol–water partition coefficient (Wildman–Crippen LogP) is 1.97. The topological polar surface area (TPSA) is 64.9 Å². The van der Waals surface area contributed by atoms with Gasteiger partial charge in [0.2, 0.25) is 0 Å². The first kappa shape index (κ1) is 12.0. The fraction of sp³-hybridized carbons (Fsp3) is 0.583. The predicted molar refractivity (Wildman–Crippen MR) is 64.4 cm³/mol. The molecule has 3 heteroatoms. The molecule has 0 spiro atoms. The lowest BCUT2D eigenvalue weighted by molar-refractivity contribution is 0.338. The van der Waals surface area contributed by atoms with Crippen molar-refractivity contribution >= 4 is 5.82 Å². The summed E-state index contributed by atoms with van der Waals surface area (Å²) < 4.78 is 0. The van der Waals surface area contributed by atoms with E-state index in [9.17, 15) is 0 Å². The molecule has 1 heterocycles. The molecule has 1 aromatic rings. The molecule has 0 saturated heterocycles. The van der Waals surface area contributed by atoms with E-state index in [4.69, 9.17) is 11.5 Å². The van der Waals surface area contributed by atoms with Gasteiger partial charge in [0, 0.05) is 12.2 Å². The zero-order valence-electron chi connectivity index (χ0n) is 9.83. The van der Waals surface area contributed by atoms with Crippen molar-refractivity contribution in [3.8, 4) is 0 Å². The number of nitrogens with two attached hydrogens (primary N) is 2. The molecule has 0 amide bonds. The van der Waals surface area contributed by atoms with Crippen molar-refractivity contribution in [1.82, 2.24) is 4.98 Å². The summed E-state index contributed by atoms with van der Waals surface area (Å²) in [6.45, 7) is 6.61. The summed E-state index contributed by atoms with van der Waals surface area (Å²) in [6, 6.07) is 4.05. The molecule has 84 valence electrons. The van der Waals surface area contributed by atoms with Gasteiger partial charge in [-0.05, 0) is 36.0 Å². The Kier molecular flexibility index (Phi) is 3.69. The SMILES string of the molecule is CC(C)(C)CC(N)Cc1ccnc(N)c1. The first-order valence-corrected chi connectivity index (χ1v) is 5.33. The van der Waals surface area contributed by atoms with E-state index >= 15 is 0 Å². The molecule has 0 aliphatic rings. The molecule has 0 radical (unpaired) electrons. The molecule has 0 aromatic carbocycles. The Labute approximate surface area is 91.9 Å². The van der Waals surface area contributed by atoms with Gasteiger partial charge >= 0.3 is 0 Å². The van der Waals surface area contributed by atoms with Crippen molar-refractivity contribution < 1.29 is 0 Å². The molecule has 0 bridgehead atoms. The zero-order valence-corrected chi connectivity index (χ0v) is 9.83. The molecular formula is C12H21N3. The molecule has 0 aliphatic carbocycles. The summed E-state index contributed by atoms with van der Waals surface area (Å²) in [5.41, 5.74) is 13.1. The quantitative estimate of drug-likeness (QED) is 0.796. The van der Waals surface area contributed by atoms with Gasteiger partial charge in [0.05, 0.1) is 0 Å². The Morgan fingerprint density at radius 3 is 2.60 bits per heavy atom. The molecule has 1 unspecified atom stereocenters. The first-order chi connectivity index (χ1) is 6.87. The van der Waals surface area contributed by atoms with E-state index in [0.717, 1.165) is 12.8 Å². The third kappa shape index (κ3) is 4.79. The van der Waals surface area contributed by atoms with Gasteiger partial charge in [-0.25, -0.2) is 4.98 Å².